The molecule has 0 bridgehead atoms. The summed E-state index contributed by atoms with van der Waals surface area (Å²) in [7, 11) is 1.61. The molecule has 0 saturated heterocycles. The number of hydrogen-bond acceptors (Lipinski definition) is 4. The maximum atomic E-state index is 13.8. The maximum absolute atomic E-state index is 13.8. The summed E-state index contributed by atoms with van der Waals surface area (Å²) in [4.78, 5) is 33.7. The smallest absolute Gasteiger partial charge is 0.291 e. The highest BCUT2D eigenvalue weighted by atomic mass is 16.5. The fraction of sp³-hybridized carbons (Fsp3) is 0.400. The summed E-state index contributed by atoms with van der Waals surface area (Å²) < 4.78 is 7.41. The van der Waals surface area contributed by atoms with Crippen LogP contribution >= 0.6 is 0 Å². The van der Waals surface area contributed by atoms with E-state index >= 15 is 0 Å². The van der Waals surface area contributed by atoms with E-state index < -0.39 is 5.54 Å². The number of hydrogen-bond donors (Lipinski definition) is 1. The van der Waals surface area contributed by atoms with Gasteiger partial charge in [0, 0.05) is 11.6 Å². The summed E-state index contributed by atoms with van der Waals surface area (Å²) in [6, 6.07) is 15.5. The molecule has 1 aromatic heterocycles. The second-order valence-electron chi connectivity index (χ2n) is 8.94. The number of carbonyl (C=O) groups excluding carboxylic acids is 2. The Morgan fingerprint density at radius 2 is 1.88 bits per heavy atom. The fourth-order valence-corrected chi connectivity index (χ4v) is 4.99. The standard InChI is InChI=1S/C25H28N4O3/c1-25(24(31)26-18-10-4-5-11-18)16-28-20-13-7-6-12-19(20)27-22(28)23(30)29(25)15-17-9-3-8-14-21(17)32-2/h3,6-9,12-14,18H,4-5,10-11,15-16H2,1-2H3,(H,26,31). The molecule has 2 aromatic carbocycles. The number of methoxy groups -OCH3 is 1. The summed E-state index contributed by atoms with van der Waals surface area (Å²) in [5.41, 5.74) is 1.42. The van der Waals surface area contributed by atoms with Crippen molar-refractivity contribution in [2.45, 2.75) is 57.3 Å². The molecule has 0 radical (unpaired) electrons. The molecule has 1 unspecified atom stereocenters. The van der Waals surface area contributed by atoms with Crippen molar-refractivity contribution in [2.24, 2.45) is 0 Å². The van der Waals surface area contributed by atoms with Gasteiger partial charge in [0.1, 0.15) is 11.3 Å². The fourth-order valence-electron chi connectivity index (χ4n) is 4.99. The second kappa shape index (κ2) is 7.97. The molecule has 1 fully saturated rings. The van der Waals surface area contributed by atoms with Gasteiger partial charge in [-0.25, -0.2) is 4.98 Å². The number of aromatic nitrogens is 2. The molecule has 5 rings (SSSR count). The Balaban J connectivity index is 1.58. The Labute approximate surface area is 187 Å². The Hall–Kier alpha value is -3.35. The van der Waals surface area contributed by atoms with Crippen LogP contribution < -0.4 is 10.1 Å². The lowest BCUT2D eigenvalue weighted by Gasteiger charge is -2.44. The molecule has 166 valence electrons. The second-order valence-corrected chi connectivity index (χ2v) is 8.94. The van der Waals surface area contributed by atoms with E-state index in [1.807, 2.05) is 60.0 Å². The van der Waals surface area contributed by atoms with E-state index in [4.69, 9.17) is 4.74 Å². The number of rotatable bonds is 5. The third-order valence-corrected chi connectivity index (χ3v) is 6.85. The average molecular weight is 433 g/mol. The van der Waals surface area contributed by atoms with Gasteiger partial charge in [-0.05, 0) is 38.0 Å². The first-order valence-electron chi connectivity index (χ1n) is 11.2. The van der Waals surface area contributed by atoms with Gasteiger partial charge in [0.25, 0.3) is 5.91 Å². The first kappa shape index (κ1) is 20.5. The number of carbonyl (C=O) groups is 2. The van der Waals surface area contributed by atoms with Crippen molar-refractivity contribution in [2.75, 3.05) is 7.11 Å². The molecule has 32 heavy (non-hydrogen) atoms. The summed E-state index contributed by atoms with van der Waals surface area (Å²) in [5.74, 6) is 0.698. The summed E-state index contributed by atoms with van der Waals surface area (Å²) >= 11 is 0. The van der Waals surface area contributed by atoms with Crippen LogP contribution in [0.3, 0.4) is 0 Å². The topological polar surface area (TPSA) is 76.5 Å². The number of amides is 2. The highest BCUT2D eigenvalue weighted by molar-refractivity contribution is 6.01. The monoisotopic (exact) mass is 432 g/mol. The van der Waals surface area contributed by atoms with Gasteiger partial charge in [0.15, 0.2) is 5.82 Å². The van der Waals surface area contributed by atoms with Gasteiger partial charge in [-0.1, -0.05) is 43.2 Å². The zero-order chi connectivity index (χ0) is 22.3. The van der Waals surface area contributed by atoms with E-state index in [1.54, 1.807) is 12.0 Å². The third-order valence-electron chi connectivity index (χ3n) is 6.85. The van der Waals surface area contributed by atoms with Gasteiger partial charge in [0.05, 0.1) is 31.2 Å². The molecule has 0 spiro atoms. The van der Waals surface area contributed by atoms with Crippen molar-refractivity contribution in [1.29, 1.82) is 0 Å². The minimum atomic E-state index is -1.06. The zero-order valence-electron chi connectivity index (χ0n) is 18.5. The lowest BCUT2D eigenvalue weighted by atomic mass is 9.93. The molecule has 1 aliphatic carbocycles. The van der Waals surface area contributed by atoms with Crippen LogP contribution in [-0.4, -0.2) is 45.0 Å². The number of benzene rings is 2. The SMILES string of the molecule is COc1ccccc1CN1C(=O)c2nc3ccccc3n2CC1(C)C(=O)NC1CCCC1. The predicted molar refractivity (Wildman–Crippen MR) is 121 cm³/mol. The summed E-state index contributed by atoms with van der Waals surface area (Å²) in [5, 5.41) is 3.23. The van der Waals surface area contributed by atoms with Crippen molar-refractivity contribution in [1.82, 2.24) is 19.8 Å². The van der Waals surface area contributed by atoms with Gasteiger partial charge in [0.2, 0.25) is 5.91 Å². The molecule has 1 atom stereocenters. The zero-order valence-corrected chi connectivity index (χ0v) is 18.5. The molecule has 2 aliphatic rings. The van der Waals surface area contributed by atoms with E-state index in [9.17, 15) is 9.59 Å². The molecule has 1 aliphatic heterocycles. The molecular weight excluding hydrogens is 404 g/mol. The highest BCUT2D eigenvalue weighted by Crippen LogP contribution is 2.34. The maximum Gasteiger partial charge on any atom is 0.291 e. The van der Waals surface area contributed by atoms with E-state index in [0.717, 1.165) is 42.3 Å². The highest BCUT2D eigenvalue weighted by Gasteiger charge is 2.49. The van der Waals surface area contributed by atoms with E-state index in [-0.39, 0.29) is 24.4 Å². The van der Waals surface area contributed by atoms with Crippen molar-refractivity contribution >= 4 is 22.8 Å². The molecule has 7 heteroatoms. The number of nitrogens with zero attached hydrogens (tertiary/aromatic N) is 3. The molecule has 2 amide bonds. The molecule has 2 heterocycles. The van der Waals surface area contributed by atoms with Crippen molar-refractivity contribution in [3.63, 3.8) is 0 Å². The van der Waals surface area contributed by atoms with E-state index in [2.05, 4.69) is 10.3 Å². The molecule has 1 saturated carbocycles. The first-order valence-corrected chi connectivity index (χ1v) is 11.2. The first-order chi connectivity index (χ1) is 15.5. The van der Waals surface area contributed by atoms with Crippen LogP contribution in [0.4, 0.5) is 0 Å². The van der Waals surface area contributed by atoms with Crippen LogP contribution in [0.1, 0.15) is 48.8 Å². The summed E-state index contributed by atoms with van der Waals surface area (Å²) in [6.07, 6.45) is 4.23. The van der Waals surface area contributed by atoms with Gasteiger partial charge in [-0.3, -0.25) is 9.59 Å². The number of fused-ring (bicyclic) bond motifs is 3. The largest absolute Gasteiger partial charge is 0.496 e. The van der Waals surface area contributed by atoms with Crippen LogP contribution in [0.15, 0.2) is 48.5 Å². The van der Waals surface area contributed by atoms with Crippen molar-refractivity contribution in [3.8, 4) is 5.75 Å². The molecule has 7 nitrogen and oxygen atoms in total. The van der Waals surface area contributed by atoms with Gasteiger partial charge < -0.3 is 19.5 Å². The Bertz CT molecular complexity index is 1180. The Morgan fingerprint density at radius 3 is 2.66 bits per heavy atom. The van der Waals surface area contributed by atoms with Crippen molar-refractivity contribution < 1.29 is 14.3 Å². The van der Waals surface area contributed by atoms with E-state index in [1.165, 1.54) is 0 Å². The molecular formula is C25H28N4O3. The number of ether oxygens (including phenoxy) is 1. The lowest BCUT2D eigenvalue weighted by molar-refractivity contribution is -0.133. The minimum absolute atomic E-state index is 0.115. The average Bonchev–Trinajstić information content (AvgIpc) is 3.45. The Morgan fingerprint density at radius 1 is 1.16 bits per heavy atom. The van der Waals surface area contributed by atoms with E-state index in [0.29, 0.717) is 18.1 Å². The van der Waals surface area contributed by atoms with Gasteiger partial charge in [-0.2, -0.15) is 0 Å². The molecule has 3 aromatic rings. The van der Waals surface area contributed by atoms with Gasteiger partial charge >= 0.3 is 0 Å². The summed E-state index contributed by atoms with van der Waals surface area (Å²) in [6.45, 7) is 2.48. The van der Waals surface area contributed by atoms with Crippen LogP contribution in [0.2, 0.25) is 0 Å². The van der Waals surface area contributed by atoms with Crippen LogP contribution in [0, 0.1) is 0 Å². The predicted octanol–water partition coefficient (Wildman–Crippen LogP) is 3.52. The van der Waals surface area contributed by atoms with Crippen LogP contribution in [0.25, 0.3) is 11.0 Å². The number of para-hydroxylation sites is 3. The Kier molecular flexibility index (Phi) is 5.12. The van der Waals surface area contributed by atoms with Crippen LogP contribution in [-0.2, 0) is 17.9 Å². The lowest BCUT2D eigenvalue weighted by Crippen LogP contribution is -2.64. The normalized spacial score (nSPS) is 21.1. The number of nitrogens with one attached hydrogen (secondary N) is 1. The minimum Gasteiger partial charge on any atom is -0.496 e. The quantitative estimate of drug-likeness (QED) is 0.669. The van der Waals surface area contributed by atoms with Gasteiger partial charge in [-0.15, -0.1) is 0 Å². The molecule has 1 N–H and O–H groups in total. The van der Waals surface area contributed by atoms with Crippen molar-refractivity contribution in [3.05, 3.63) is 59.9 Å². The third kappa shape index (κ3) is 3.32. The number of imidazole rings is 1. The van der Waals surface area contributed by atoms with Crippen LogP contribution in [0.5, 0.6) is 5.75 Å².